The molecule has 0 amide bonds. The number of hydrogen-bond donors (Lipinski definition) is 0. The molecule has 0 N–H and O–H groups in total. The lowest BCUT2D eigenvalue weighted by Gasteiger charge is -2.13. The molecule has 0 atom stereocenters. The standard InChI is InChI=1S/C14H11ClN4/c15-11-8-12-17-18-13(19(12)9-16-11)14(6-7-14)10-4-2-1-3-5-10/h1-5,8-9H,6-7H2. The quantitative estimate of drug-likeness (QED) is 0.673. The third-order valence-corrected chi connectivity index (χ3v) is 3.98. The predicted molar refractivity (Wildman–Crippen MR) is 72.2 cm³/mol. The zero-order chi connectivity index (χ0) is 12.9. The highest BCUT2D eigenvalue weighted by atomic mass is 35.5. The molecule has 19 heavy (non-hydrogen) atoms. The van der Waals surface area contributed by atoms with Gasteiger partial charge >= 0.3 is 0 Å². The van der Waals surface area contributed by atoms with Crippen molar-refractivity contribution in [1.29, 1.82) is 0 Å². The SMILES string of the molecule is Clc1cc2nnc(C3(c4ccccc4)CC3)n2cn1. The fourth-order valence-electron chi connectivity index (χ4n) is 2.62. The fourth-order valence-corrected chi connectivity index (χ4v) is 2.76. The van der Waals surface area contributed by atoms with Gasteiger partial charge in [0.2, 0.25) is 0 Å². The highest BCUT2D eigenvalue weighted by molar-refractivity contribution is 6.29. The van der Waals surface area contributed by atoms with Crippen LogP contribution in [-0.2, 0) is 5.41 Å². The average molecular weight is 271 g/mol. The molecule has 2 aromatic heterocycles. The van der Waals surface area contributed by atoms with E-state index >= 15 is 0 Å². The Morgan fingerprint density at radius 3 is 2.63 bits per heavy atom. The van der Waals surface area contributed by atoms with Gasteiger partial charge in [0.25, 0.3) is 0 Å². The van der Waals surface area contributed by atoms with Gasteiger partial charge in [0.1, 0.15) is 17.3 Å². The molecule has 1 aromatic carbocycles. The van der Waals surface area contributed by atoms with Crippen LogP contribution in [0.3, 0.4) is 0 Å². The second-order valence-electron chi connectivity index (χ2n) is 4.91. The average Bonchev–Trinajstić information content (AvgIpc) is 3.15. The second kappa shape index (κ2) is 3.78. The van der Waals surface area contributed by atoms with Gasteiger partial charge in [0, 0.05) is 6.07 Å². The fraction of sp³-hybridized carbons (Fsp3) is 0.214. The van der Waals surface area contributed by atoms with E-state index in [9.17, 15) is 0 Å². The van der Waals surface area contributed by atoms with E-state index in [4.69, 9.17) is 11.6 Å². The second-order valence-corrected chi connectivity index (χ2v) is 5.30. The molecule has 94 valence electrons. The van der Waals surface area contributed by atoms with Gasteiger partial charge < -0.3 is 0 Å². The largest absolute Gasteiger partial charge is 0.268 e. The molecule has 0 saturated heterocycles. The van der Waals surface area contributed by atoms with Crippen molar-refractivity contribution in [3.8, 4) is 0 Å². The van der Waals surface area contributed by atoms with Gasteiger partial charge in [-0.1, -0.05) is 41.9 Å². The van der Waals surface area contributed by atoms with Gasteiger partial charge in [-0.05, 0) is 18.4 Å². The maximum Gasteiger partial charge on any atom is 0.165 e. The van der Waals surface area contributed by atoms with Crippen molar-refractivity contribution >= 4 is 17.2 Å². The summed E-state index contributed by atoms with van der Waals surface area (Å²) in [6, 6.07) is 12.2. The van der Waals surface area contributed by atoms with E-state index in [1.54, 1.807) is 12.4 Å². The van der Waals surface area contributed by atoms with Crippen molar-refractivity contribution in [2.24, 2.45) is 0 Å². The lowest BCUT2D eigenvalue weighted by Crippen LogP contribution is -2.13. The Labute approximate surface area is 115 Å². The monoisotopic (exact) mass is 270 g/mol. The predicted octanol–water partition coefficient (Wildman–Crippen LogP) is 2.86. The minimum Gasteiger partial charge on any atom is -0.268 e. The molecule has 1 aliphatic rings. The molecule has 4 rings (SSSR count). The number of benzene rings is 1. The molecular formula is C14H11ClN4. The summed E-state index contributed by atoms with van der Waals surface area (Å²) >= 11 is 5.88. The number of halogens is 1. The Balaban J connectivity index is 1.91. The molecule has 1 fully saturated rings. The molecule has 2 heterocycles. The summed E-state index contributed by atoms with van der Waals surface area (Å²) in [5.41, 5.74) is 2.03. The number of fused-ring (bicyclic) bond motifs is 1. The van der Waals surface area contributed by atoms with Crippen LogP contribution in [0.2, 0.25) is 5.15 Å². The Morgan fingerprint density at radius 2 is 1.89 bits per heavy atom. The molecule has 4 nitrogen and oxygen atoms in total. The number of nitrogens with zero attached hydrogens (tertiary/aromatic N) is 4. The van der Waals surface area contributed by atoms with Crippen molar-refractivity contribution in [2.45, 2.75) is 18.3 Å². The normalized spacial score (nSPS) is 16.7. The van der Waals surface area contributed by atoms with Crippen LogP contribution in [0, 0.1) is 0 Å². The third-order valence-electron chi connectivity index (χ3n) is 3.77. The van der Waals surface area contributed by atoms with E-state index in [0.29, 0.717) is 5.15 Å². The molecule has 0 spiro atoms. The zero-order valence-corrected chi connectivity index (χ0v) is 10.9. The van der Waals surface area contributed by atoms with Crippen LogP contribution in [0.5, 0.6) is 0 Å². The van der Waals surface area contributed by atoms with E-state index in [1.165, 1.54) is 5.56 Å². The third kappa shape index (κ3) is 1.56. The van der Waals surface area contributed by atoms with E-state index in [1.807, 2.05) is 10.5 Å². The molecule has 5 heteroatoms. The van der Waals surface area contributed by atoms with Gasteiger partial charge in [-0.2, -0.15) is 0 Å². The molecule has 0 bridgehead atoms. The van der Waals surface area contributed by atoms with Gasteiger partial charge in [0.15, 0.2) is 5.65 Å². The van der Waals surface area contributed by atoms with Crippen molar-refractivity contribution in [3.05, 3.63) is 59.3 Å². The zero-order valence-electron chi connectivity index (χ0n) is 10.1. The lowest BCUT2D eigenvalue weighted by molar-refractivity contribution is 0.736. The maximum atomic E-state index is 5.88. The minimum absolute atomic E-state index is 0.00378. The van der Waals surface area contributed by atoms with Gasteiger partial charge in [-0.15, -0.1) is 10.2 Å². The van der Waals surface area contributed by atoms with Crippen LogP contribution < -0.4 is 0 Å². The Hall–Kier alpha value is -1.94. The highest BCUT2D eigenvalue weighted by Gasteiger charge is 2.49. The van der Waals surface area contributed by atoms with Crippen LogP contribution in [-0.4, -0.2) is 19.6 Å². The number of hydrogen-bond acceptors (Lipinski definition) is 3. The lowest BCUT2D eigenvalue weighted by atomic mass is 9.95. The van der Waals surface area contributed by atoms with Gasteiger partial charge in [-0.3, -0.25) is 4.40 Å². The maximum absolute atomic E-state index is 5.88. The molecule has 3 aromatic rings. The Morgan fingerprint density at radius 1 is 1.11 bits per heavy atom. The topological polar surface area (TPSA) is 43.1 Å². The Bertz CT molecular complexity index is 746. The molecule has 0 aliphatic heterocycles. The van der Waals surface area contributed by atoms with Crippen molar-refractivity contribution in [1.82, 2.24) is 19.6 Å². The minimum atomic E-state index is -0.00378. The number of rotatable bonds is 2. The summed E-state index contributed by atoms with van der Waals surface area (Å²) in [6.45, 7) is 0. The first-order valence-corrected chi connectivity index (χ1v) is 6.60. The highest BCUT2D eigenvalue weighted by Crippen LogP contribution is 2.52. The van der Waals surface area contributed by atoms with E-state index in [0.717, 1.165) is 24.3 Å². The van der Waals surface area contributed by atoms with Crippen molar-refractivity contribution in [3.63, 3.8) is 0 Å². The summed E-state index contributed by atoms with van der Waals surface area (Å²) in [6.07, 6.45) is 3.90. The summed E-state index contributed by atoms with van der Waals surface area (Å²) in [7, 11) is 0. The van der Waals surface area contributed by atoms with Crippen LogP contribution in [0.15, 0.2) is 42.7 Å². The van der Waals surface area contributed by atoms with Gasteiger partial charge in [0.05, 0.1) is 5.41 Å². The first kappa shape index (κ1) is 10.9. The number of aromatic nitrogens is 4. The van der Waals surface area contributed by atoms with Gasteiger partial charge in [-0.25, -0.2) is 4.98 Å². The van der Waals surface area contributed by atoms with Crippen LogP contribution >= 0.6 is 11.6 Å². The van der Waals surface area contributed by atoms with E-state index in [2.05, 4.69) is 39.4 Å². The summed E-state index contributed by atoms with van der Waals surface area (Å²) < 4.78 is 1.94. The smallest absolute Gasteiger partial charge is 0.165 e. The van der Waals surface area contributed by atoms with Crippen molar-refractivity contribution < 1.29 is 0 Å². The van der Waals surface area contributed by atoms with Crippen molar-refractivity contribution in [2.75, 3.05) is 0 Å². The van der Waals surface area contributed by atoms with E-state index < -0.39 is 0 Å². The first-order valence-electron chi connectivity index (χ1n) is 6.22. The first-order chi connectivity index (χ1) is 9.29. The molecule has 0 radical (unpaired) electrons. The van der Waals surface area contributed by atoms with E-state index in [-0.39, 0.29) is 5.41 Å². The van der Waals surface area contributed by atoms with Crippen LogP contribution in [0.4, 0.5) is 0 Å². The van der Waals surface area contributed by atoms with Crippen LogP contribution in [0.25, 0.3) is 5.65 Å². The molecule has 0 unspecified atom stereocenters. The molecule has 1 aliphatic carbocycles. The summed E-state index contributed by atoms with van der Waals surface area (Å²) in [5.74, 6) is 0.956. The summed E-state index contributed by atoms with van der Waals surface area (Å²) in [5, 5.41) is 9.00. The van der Waals surface area contributed by atoms with Crippen LogP contribution in [0.1, 0.15) is 24.2 Å². The Kier molecular flexibility index (Phi) is 2.17. The molecule has 1 saturated carbocycles. The molecular weight excluding hydrogens is 260 g/mol. The summed E-state index contributed by atoms with van der Waals surface area (Å²) in [4.78, 5) is 4.12.